The summed E-state index contributed by atoms with van der Waals surface area (Å²) in [4.78, 5) is 0. The highest BCUT2D eigenvalue weighted by molar-refractivity contribution is 5.37. The van der Waals surface area contributed by atoms with Gasteiger partial charge in [0, 0.05) is 12.5 Å². The van der Waals surface area contributed by atoms with Crippen LogP contribution in [0.25, 0.3) is 0 Å². The van der Waals surface area contributed by atoms with Gasteiger partial charge in [-0.25, -0.2) is 4.39 Å². The number of rotatable bonds is 5. The quantitative estimate of drug-likeness (QED) is 0.901. The molecule has 0 bridgehead atoms. The van der Waals surface area contributed by atoms with Crippen LogP contribution in [0.5, 0.6) is 11.5 Å². The Hall–Kier alpha value is -1.36. The van der Waals surface area contributed by atoms with Gasteiger partial charge in [-0.05, 0) is 43.9 Å². The number of halogens is 2. The van der Waals surface area contributed by atoms with Crippen molar-refractivity contribution in [1.82, 2.24) is 5.32 Å². The molecule has 1 saturated heterocycles. The van der Waals surface area contributed by atoms with Crippen LogP contribution in [-0.2, 0) is 0 Å². The van der Waals surface area contributed by atoms with E-state index in [0.717, 1.165) is 32.4 Å². The van der Waals surface area contributed by atoms with Crippen LogP contribution in [0.1, 0.15) is 19.3 Å². The monoisotopic (exact) mass is 283 g/mol. The lowest BCUT2D eigenvalue weighted by atomic mass is 9.97. The number of hydrogen-bond donors (Lipinski definition) is 1. The van der Waals surface area contributed by atoms with Crippen LogP contribution in [0.15, 0.2) is 12.1 Å². The highest BCUT2D eigenvalue weighted by atomic mass is 19.1. The van der Waals surface area contributed by atoms with E-state index in [1.165, 1.54) is 19.2 Å². The summed E-state index contributed by atoms with van der Waals surface area (Å²) in [6.45, 7) is 1.88. The minimum atomic E-state index is -0.746. The average molecular weight is 283 g/mol. The summed E-state index contributed by atoms with van der Waals surface area (Å²) >= 11 is 0. The summed E-state index contributed by atoms with van der Waals surface area (Å²) in [6, 6.07) is 2.54. The fraction of sp³-hybridized carbons (Fsp3) is 0.600. The van der Waals surface area contributed by atoms with Gasteiger partial charge in [0.15, 0.2) is 17.3 Å². The van der Waals surface area contributed by atoms with E-state index in [-0.39, 0.29) is 17.6 Å². The number of ether oxygens (including phenoxy) is 2. The fourth-order valence-electron chi connectivity index (χ4n) is 2.90. The molecule has 0 amide bonds. The topological polar surface area (TPSA) is 30.5 Å². The van der Waals surface area contributed by atoms with Gasteiger partial charge in [0.05, 0.1) is 7.11 Å². The minimum absolute atomic E-state index is 0.00895. The van der Waals surface area contributed by atoms with Crippen LogP contribution in [-0.4, -0.2) is 26.3 Å². The fourth-order valence-corrected chi connectivity index (χ4v) is 2.90. The van der Waals surface area contributed by atoms with E-state index in [4.69, 9.17) is 9.47 Å². The molecule has 1 aromatic rings. The van der Waals surface area contributed by atoms with Crippen LogP contribution in [0.2, 0.25) is 0 Å². The second-order valence-electron chi connectivity index (χ2n) is 5.57. The Balaban J connectivity index is 1.81. The molecule has 1 aromatic carbocycles. The second kappa shape index (κ2) is 5.56. The Morgan fingerprint density at radius 1 is 1.20 bits per heavy atom. The molecule has 1 heterocycles. The summed E-state index contributed by atoms with van der Waals surface area (Å²) in [7, 11) is 1.25. The molecule has 0 radical (unpaired) electrons. The predicted octanol–water partition coefficient (Wildman–Crippen LogP) is 2.74. The molecule has 1 N–H and O–H groups in total. The number of nitrogens with one attached hydrogen (secondary N) is 1. The Labute approximate surface area is 117 Å². The van der Waals surface area contributed by atoms with Crippen molar-refractivity contribution in [1.29, 1.82) is 0 Å². The smallest absolute Gasteiger partial charge is 0.209 e. The van der Waals surface area contributed by atoms with Gasteiger partial charge in [-0.15, -0.1) is 0 Å². The van der Waals surface area contributed by atoms with E-state index in [9.17, 15) is 8.78 Å². The third kappa shape index (κ3) is 2.59. The van der Waals surface area contributed by atoms with E-state index < -0.39 is 11.6 Å². The normalized spacial score (nSPS) is 23.6. The molecule has 2 atom stereocenters. The lowest BCUT2D eigenvalue weighted by Gasteiger charge is -2.24. The lowest BCUT2D eigenvalue weighted by Crippen LogP contribution is -2.31. The molecule has 1 saturated carbocycles. The molecule has 0 aromatic heterocycles. The highest BCUT2D eigenvalue weighted by Gasteiger charge is 2.40. The van der Waals surface area contributed by atoms with Crippen LogP contribution < -0.4 is 14.8 Å². The highest BCUT2D eigenvalue weighted by Crippen LogP contribution is 2.41. The average Bonchev–Trinajstić information content (AvgIpc) is 3.13. The molecule has 110 valence electrons. The van der Waals surface area contributed by atoms with Crippen molar-refractivity contribution in [3.63, 3.8) is 0 Å². The molecule has 3 nitrogen and oxygen atoms in total. The molecular weight excluding hydrogens is 264 g/mol. The van der Waals surface area contributed by atoms with E-state index in [1.54, 1.807) is 0 Å². The molecule has 0 spiro atoms. The maximum Gasteiger partial charge on any atom is 0.209 e. The van der Waals surface area contributed by atoms with Gasteiger partial charge in [-0.3, -0.25) is 0 Å². The second-order valence-corrected chi connectivity index (χ2v) is 5.57. The maximum atomic E-state index is 14.2. The third-order valence-electron chi connectivity index (χ3n) is 4.13. The van der Waals surface area contributed by atoms with Gasteiger partial charge < -0.3 is 14.8 Å². The van der Waals surface area contributed by atoms with Crippen molar-refractivity contribution >= 4 is 0 Å². The third-order valence-corrected chi connectivity index (χ3v) is 4.13. The number of hydrogen-bond acceptors (Lipinski definition) is 3. The first kappa shape index (κ1) is 13.6. The maximum absolute atomic E-state index is 14.2. The number of methoxy groups -OCH3 is 1. The zero-order valence-electron chi connectivity index (χ0n) is 11.5. The van der Waals surface area contributed by atoms with Crippen LogP contribution in [0.3, 0.4) is 0 Å². The van der Waals surface area contributed by atoms with Gasteiger partial charge in [-0.1, -0.05) is 0 Å². The van der Waals surface area contributed by atoms with Gasteiger partial charge >= 0.3 is 0 Å². The summed E-state index contributed by atoms with van der Waals surface area (Å²) in [6.07, 6.45) is 3.30. The zero-order chi connectivity index (χ0) is 14.1. The van der Waals surface area contributed by atoms with E-state index in [0.29, 0.717) is 11.8 Å². The summed E-state index contributed by atoms with van der Waals surface area (Å²) in [5, 5.41) is 3.31. The van der Waals surface area contributed by atoms with Crippen molar-refractivity contribution in [2.75, 3.05) is 20.2 Å². The first-order chi connectivity index (χ1) is 9.70. The van der Waals surface area contributed by atoms with Crippen molar-refractivity contribution in [3.05, 3.63) is 23.8 Å². The molecule has 20 heavy (non-hydrogen) atoms. The van der Waals surface area contributed by atoms with Crippen molar-refractivity contribution in [3.8, 4) is 11.5 Å². The molecule has 1 aliphatic heterocycles. The Kier molecular flexibility index (Phi) is 3.78. The zero-order valence-corrected chi connectivity index (χ0v) is 11.5. The van der Waals surface area contributed by atoms with Crippen LogP contribution >= 0.6 is 0 Å². The Morgan fingerprint density at radius 2 is 2.00 bits per heavy atom. The summed E-state index contributed by atoms with van der Waals surface area (Å²) in [5.74, 6) is -0.839. The minimum Gasteiger partial charge on any atom is -0.491 e. The predicted molar refractivity (Wildman–Crippen MR) is 71.0 cm³/mol. The first-order valence-electron chi connectivity index (χ1n) is 7.10. The molecular formula is C15H19F2NO2. The van der Waals surface area contributed by atoms with Gasteiger partial charge in [0.25, 0.3) is 0 Å². The van der Waals surface area contributed by atoms with Crippen LogP contribution in [0, 0.1) is 23.5 Å². The molecule has 2 fully saturated rings. The largest absolute Gasteiger partial charge is 0.491 e. The Morgan fingerprint density at radius 3 is 2.60 bits per heavy atom. The molecule has 2 aliphatic rings. The molecule has 0 unspecified atom stereocenters. The van der Waals surface area contributed by atoms with Gasteiger partial charge in [-0.2, -0.15) is 4.39 Å². The van der Waals surface area contributed by atoms with Crippen LogP contribution in [0.4, 0.5) is 8.78 Å². The van der Waals surface area contributed by atoms with Crippen molar-refractivity contribution < 1.29 is 18.3 Å². The summed E-state index contributed by atoms with van der Waals surface area (Å²) in [5.41, 5.74) is 0. The standard InChI is InChI=1S/C15H19F2NO2/c1-19-15-11(16)4-5-12(13(15)17)20-14(9-2-3-9)10-6-7-18-8-10/h4-5,9-10,14,18H,2-3,6-8H2,1H3/t10-,14-/m0/s1. The molecule has 5 heteroatoms. The van der Waals surface area contributed by atoms with Gasteiger partial charge in [0.1, 0.15) is 6.10 Å². The van der Waals surface area contributed by atoms with E-state index in [2.05, 4.69) is 5.32 Å². The summed E-state index contributed by atoms with van der Waals surface area (Å²) < 4.78 is 38.2. The molecule has 3 rings (SSSR count). The molecule has 1 aliphatic carbocycles. The van der Waals surface area contributed by atoms with E-state index >= 15 is 0 Å². The van der Waals surface area contributed by atoms with Crippen molar-refractivity contribution in [2.24, 2.45) is 11.8 Å². The van der Waals surface area contributed by atoms with Crippen molar-refractivity contribution in [2.45, 2.75) is 25.4 Å². The van der Waals surface area contributed by atoms with Gasteiger partial charge in [0.2, 0.25) is 5.82 Å². The SMILES string of the molecule is COc1c(F)ccc(O[C@@H](C2CC2)[C@H]2CCNC2)c1F. The first-order valence-corrected chi connectivity index (χ1v) is 7.10. The Bertz CT molecular complexity index is 485. The number of benzene rings is 1. The van der Waals surface area contributed by atoms with E-state index in [1.807, 2.05) is 0 Å². The lowest BCUT2D eigenvalue weighted by molar-refractivity contribution is 0.114.